The third kappa shape index (κ3) is 6.31. The molecular weight excluding hydrogens is 118 g/mol. The fourth-order valence-corrected chi connectivity index (χ4v) is 1.00. The van der Waals surface area contributed by atoms with Crippen LogP contribution in [0.3, 0.4) is 0 Å². The summed E-state index contributed by atoms with van der Waals surface area (Å²) in [4.78, 5) is 0. The van der Waals surface area contributed by atoms with Gasteiger partial charge in [-0.15, -0.1) is 0 Å². The summed E-state index contributed by atoms with van der Waals surface area (Å²) >= 11 is 1.89. The highest BCUT2D eigenvalue weighted by Gasteiger charge is 1.90. The molecule has 0 rings (SSSR count). The standard InChI is InChI=1S/C6H15NS/c1-6(7)4-3-5-8-2/h6H,3-5,7H2,1-2H3. The quantitative estimate of drug-likeness (QED) is 0.588. The number of hydrogen-bond acceptors (Lipinski definition) is 2. The molecule has 0 amide bonds. The van der Waals surface area contributed by atoms with Crippen molar-refractivity contribution in [2.75, 3.05) is 12.0 Å². The molecule has 0 saturated heterocycles. The van der Waals surface area contributed by atoms with Crippen LogP contribution >= 0.6 is 11.8 Å². The van der Waals surface area contributed by atoms with E-state index in [0.29, 0.717) is 6.04 Å². The molecule has 2 N–H and O–H groups in total. The van der Waals surface area contributed by atoms with Crippen molar-refractivity contribution in [3.63, 3.8) is 0 Å². The summed E-state index contributed by atoms with van der Waals surface area (Å²) in [5.74, 6) is 1.25. The van der Waals surface area contributed by atoms with E-state index in [4.69, 9.17) is 5.73 Å². The van der Waals surface area contributed by atoms with Crippen molar-refractivity contribution in [3.05, 3.63) is 0 Å². The molecular formula is C6H15NS. The van der Waals surface area contributed by atoms with Crippen LogP contribution in [0.15, 0.2) is 0 Å². The molecule has 0 heterocycles. The maximum Gasteiger partial charge on any atom is 0.00107 e. The molecule has 0 saturated carbocycles. The molecule has 0 spiro atoms. The van der Waals surface area contributed by atoms with Gasteiger partial charge in [0, 0.05) is 6.04 Å². The first-order valence-corrected chi connectivity index (χ1v) is 4.41. The van der Waals surface area contributed by atoms with Gasteiger partial charge in [0.25, 0.3) is 0 Å². The third-order valence-corrected chi connectivity index (χ3v) is 1.70. The van der Waals surface area contributed by atoms with Gasteiger partial charge in [0.15, 0.2) is 0 Å². The Morgan fingerprint density at radius 3 is 2.62 bits per heavy atom. The SMILES string of the molecule is CSCCCC(C)N. The Balaban J connectivity index is 2.72. The van der Waals surface area contributed by atoms with E-state index >= 15 is 0 Å². The van der Waals surface area contributed by atoms with Crippen LogP contribution < -0.4 is 5.73 Å². The first-order valence-electron chi connectivity index (χ1n) is 3.02. The summed E-state index contributed by atoms with van der Waals surface area (Å²) in [6.07, 6.45) is 4.56. The Kier molecular flexibility index (Phi) is 5.66. The summed E-state index contributed by atoms with van der Waals surface area (Å²) in [5.41, 5.74) is 5.52. The summed E-state index contributed by atoms with van der Waals surface area (Å²) in [6, 6.07) is 0.391. The first-order chi connectivity index (χ1) is 3.77. The first kappa shape index (κ1) is 8.31. The fraction of sp³-hybridized carbons (Fsp3) is 1.00. The van der Waals surface area contributed by atoms with E-state index in [1.165, 1.54) is 18.6 Å². The molecule has 0 bridgehead atoms. The van der Waals surface area contributed by atoms with E-state index in [-0.39, 0.29) is 0 Å². The predicted octanol–water partition coefficient (Wildman–Crippen LogP) is 1.48. The van der Waals surface area contributed by atoms with Gasteiger partial charge in [-0.1, -0.05) is 0 Å². The molecule has 8 heavy (non-hydrogen) atoms. The topological polar surface area (TPSA) is 26.0 Å². The highest BCUT2D eigenvalue weighted by atomic mass is 32.2. The van der Waals surface area contributed by atoms with E-state index in [1.807, 2.05) is 11.8 Å². The average molecular weight is 133 g/mol. The zero-order chi connectivity index (χ0) is 6.41. The van der Waals surface area contributed by atoms with Crippen LogP contribution in [0, 0.1) is 0 Å². The Labute approximate surface area is 56.0 Å². The highest BCUT2D eigenvalue weighted by Crippen LogP contribution is 2.00. The van der Waals surface area contributed by atoms with Crippen molar-refractivity contribution >= 4 is 11.8 Å². The van der Waals surface area contributed by atoms with Gasteiger partial charge < -0.3 is 5.73 Å². The van der Waals surface area contributed by atoms with E-state index in [1.54, 1.807) is 0 Å². The lowest BCUT2D eigenvalue weighted by Gasteiger charge is -2.01. The van der Waals surface area contributed by atoms with Crippen molar-refractivity contribution < 1.29 is 0 Å². The lowest BCUT2D eigenvalue weighted by molar-refractivity contribution is 0.657. The Bertz CT molecular complexity index is 45.8. The van der Waals surface area contributed by atoms with E-state index in [9.17, 15) is 0 Å². The molecule has 2 heteroatoms. The summed E-state index contributed by atoms with van der Waals surface area (Å²) in [5, 5.41) is 0. The fourth-order valence-electron chi connectivity index (χ4n) is 0.550. The monoisotopic (exact) mass is 133 g/mol. The van der Waals surface area contributed by atoms with Gasteiger partial charge in [-0.25, -0.2) is 0 Å². The summed E-state index contributed by atoms with van der Waals surface area (Å²) in [7, 11) is 0. The van der Waals surface area contributed by atoms with Crippen LogP contribution in [-0.4, -0.2) is 18.1 Å². The minimum absolute atomic E-state index is 0.391. The van der Waals surface area contributed by atoms with Crippen LogP contribution in [0.1, 0.15) is 19.8 Å². The second-order valence-electron chi connectivity index (χ2n) is 2.11. The maximum atomic E-state index is 5.52. The lowest BCUT2D eigenvalue weighted by atomic mass is 10.2. The van der Waals surface area contributed by atoms with Gasteiger partial charge >= 0.3 is 0 Å². The molecule has 0 aliphatic rings. The molecule has 0 fully saturated rings. The molecule has 0 aliphatic carbocycles. The maximum absolute atomic E-state index is 5.52. The van der Waals surface area contributed by atoms with Crippen LogP contribution in [0.2, 0.25) is 0 Å². The molecule has 50 valence electrons. The summed E-state index contributed by atoms with van der Waals surface area (Å²) < 4.78 is 0. The van der Waals surface area contributed by atoms with Gasteiger partial charge in [0.1, 0.15) is 0 Å². The van der Waals surface area contributed by atoms with Gasteiger partial charge in [0.2, 0.25) is 0 Å². The smallest absolute Gasteiger partial charge is 0.00107 e. The van der Waals surface area contributed by atoms with Crippen LogP contribution in [0.4, 0.5) is 0 Å². The highest BCUT2D eigenvalue weighted by molar-refractivity contribution is 7.98. The molecule has 0 aromatic carbocycles. The van der Waals surface area contributed by atoms with Crippen molar-refractivity contribution in [2.24, 2.45) is 5.73 Å². The Hall–Kier alpha value is 0.310. The van der Waals surface area contributed by atoms with Gasteiger partial charge in [-0.05, 0) is 31.8 Å². The predicted molar refractivity (Wildman–Crippen MR) is 41.3 cm³/mol. The van der Waals surface area contributed by atoms with Gasteiger partial charge in [0.05, 0.1) is 0 Å². The van der Waals surface area contributed by atoms with Gasteiger partial charge in [-0.3, -0.25) is 0 Å². The molecule has 1 atom stereocenters. The molecule has 0 aromatic heterocycles. The minimum Gasteiger partial charge on any atom is -0.328 e. The number of nitrogens with two attached hydrogens (primary N) is 1. The largest absolute Gasteiger partial charge is 0.328 e. The molecule has 0 aromatic rings. The molecule has 0 radical (unpaired) electrons. The lowest BCUT2D eigenvalue weighted by Crippen LogP contribution is -2.14. The minimum atomic E-state index is 0.391. The third-order valence-electron chi connectivity index (χ3n) is 1.01. The zero-order valence-corrected chi connectivity index (χ0v) is 6.50. The Morgan fingerprint density at radius 1 is 1.62 bits per heavy atom. The van der Waals surface area contributed by atoms with Crippen LogP contribution in [0.5, 0.6) is 0 Å². The van der Waals surface area contributed by atoms with Crippen molar-refractivity contribution in [2.45, 2.75) is 25.8 Å². The summed E-state index contributed by atoms with van der Waals surface area (Å²) in [6.45, 7) is 2.06. The normalized spacial score (nSPS) is 13.9. The van der Waals surface area contributed by atoms with Crippen molar-refractivity contribution in [1.82, 2.24) is 0 Å². The van der Waals surface area contributed by atoms with Crippen LogP contribution in [0.25, 0.3) is 0 Å². The van der Waals surface area contributed by atoms with Crippen molar-refractivity contribution in [3.8, 4) is 0 Å². The molecule has 0 aliphatic heterocycles. The number of thioether (sulfide) groups is 1. The second-order valence-corrected chi connectivity index (χ2v) is 3.10. The van der Waals surface area contributed by atoms with E-state index < -0.39 is 0 Å². The molecule has 1 nitrogen and oxygen atoms in total. The average Bonchev–Trinajstić information content (AvgIpc) is 1.66. The number of rotatable bonds is 4. The zero-order valence-electron chi connectivity index (χ0n) is 5.68. The molecule has 1 unspecified atom stereocenters. The van der Waals surface area contributed by atoms with Crippen LogP contribution in [-0.2, 0) is 0 Å². The Morgan fingerprint density at radius 2 is 2.25 bits per heavy atom. The number of hydrogen-bond donors (Lipinski definition) is 1. The van der Waals surface area contributed by atoms with E-state index in [0.717, 1.165) is 0 Å². The van der Waals surface area contributed by atoms with Crippen molar-refractivity contribution in [1.29, 1.82) is 0 Å². The van der Waals surface area contributed by atoms with Gasteiger partial charge in [-0.2, -0.15) is 11.8 Å². The van der Waals surface area contributed by atoms with E-state index in [2.05, 4.69) is 13.2 Å². The second kappa shape index (κ2) is 5.45.